The molecule has 1 unspecified atom stereocenters. The molecule has 1 aromatic carbocycles. The van der Waals surface area contributed by atoms with Gasteiger partial charge < -0.3 is 5.73 Å². The van der Waals surface area contributed by atoms with Gasteiger partial charge in [-0.1, -0.05) is 30.3 Å². The molecule has 2 aromatic heterocycles. The van der Waals surface area contributed by atoms with Crippen molar-refractivity contribution in [2.45, 2.75) is 32.1 Å². The Morgan fingerprint density at radius 2 is 1.96 bits per heavy atom. The van der Waals surface area contributed by atoms with Crippen LogP contribution in [0.2, 0.25) is 0 Å². The van der Waals surface area contributed by atoms with Gasteiger partial charge in [0.1, 0.15) is 0 Å². The molecular formula is C20H20N4. The van der Waals surface area contributed by atoms with E-state index < -0.39 is 0 Å². The molecule has 2 heterocycles. The Morgan fingerprint density at radius 1 is 1.08 bits per heavy atom. The summed E-state index contributed by atoms with van der Waals surface area (Å²) in [5, 5.41) is 0. The molecule has 0 amide bonds. The number of nitrogens with two attached hydrogens (primary N) is 1. The number of hydrogen-bond donors (Lipinski definition) is 1. The fourth-order valence-electron chi connectivity index (χ4n) is 3.73. The summed E-state index contributed by atoms with van der Waals surface area (Å²) in [4.78, 5) is 13.1. The van der Waals surface area contributed by atoms with Gasteiger partial charge in [0.05, 0.1) is 5.69 Å². The van der Waals surface area contributed by atoms with E-state index >= 15 is 0 Å². The number of aryl methyl sites for hydroxylation is 1. The zero-order valence-electron chi connectivity index (χ0n) is 13.7. The first-order valence-electron chi connectivity index (χ1n) is 8.33. The summed E-state index contributed by atoms with van der Waals surface area (Å²) < 4.78 is 0. The Balaban J connectivity index is 1.74. The number of pyridine rings is 1. The molecule has 0 radical (unpaired) electrons. The average molecular weight is 316 g/mol. The van der Waals surface area contributed by atoms with Crippen LogP contribution in [0.3, 0.4) is 0 Å². The molecule has 1 aliphatic carbocycles. The Kier molecular flexibility index (Phi) is 3.73. The third kappa shape index (κ3) is 2.64. The molecule has 24 heavy (non-hydrogen) atoms. The molecule has 1 aliphatic rings. The van der Waals surface area contributed by atoms with Gasteiger partial charge in [-0.15, -0.1) is 0 Å². The van der Waals surface area contributed by atoms with Crippen molar-refractivity contribution in [2.75, 3.05) is 5.73 Å². The second-order valence-electron chi connectivity index (χ2n) is 6.36. The monoisotopic (exact) mass is 316 g/mol. The van der Waals surface area contributed by atoms with E-state index in [1.807, 2.05) is 25.4 Å². The summed E-state index contributed by atoms with van der Waals surface area (Å²) in [6, 6.07) is 12.7. The van der Waals surface area contributed by atoms with Crippen LogP contribution in [-0.2, 0) is 12.8 Å². The highest BCUT2D eigenvalue weighted by Gasteiger charge is 2.25. The van der Waals surface area contributed by atoms with Crippen LogP contribution in [0.4, 0.5) is 5.95 Å². The van der Waals surface area contributed by atoms with Crippen LogP contribution in [0.25, 0.3) is 11.1 Å². The third-order valence-electron chi connectivity index (χ3n) is 4.87. The van der Waals surface area contributed by atoms with Crippen molar-refractivity contribution in [1.29, 1.82) is 0 Å². The van der Waals surface area contributed by atoms with Gasteiger partial charge in [-0.25, -0.2) is 9.97 Å². The minimum absolute atomic E-state index is 0.382. The minimum Gasteiger partial charge on any atom is -0.368 e. The van der Waals surface area contributed by atoms with Gasteiger partial charge in [-0.2, -0.15) is 0 Å². The van der Waals surface area contributed by atoms with E-state index in [-0.39, 0.29) is 0 Å². The van der Waals surface area contributed by atoms with Gasteiger partial charge in [-0.3, -0.25) is 4.98 Å². The first kappa shape index (κ1) is 14.8. The molecule has 1 atom stereocenters. The maximum atomic E-state index is 5.86. The van der Waals surface area contributed by atoms with Gasteiger partial charge in [0, 0.05) is 23.7 Å². The molecule has 0 spiro atoms. The number of nitrogen functional groups attached to an aromatic ring is 1. The lowest BCUT2D eigenvalue weighted by Gasteiger charge is -2.27. The summed E-state index contributed by atoms with van der Waals surface area (Å²) in [5.74, 6) is 0.829. The Morgan fingerprint density at radius 3 is 2.79 bits per heavy atom. The zero-order chi connectivity index (χ0) is 16.5. The highest BCUT2D eigenvalue weighted by Crippen LogP contribution is 2.37. The lowest BCUT2D eigenvalue weighted by Crippen LogP contribution is -2.18. The van der Waals surface area contributed by atoms with Crippen molar-refractivity contribution in [3.8, 4) is 11.1 Å². The fourth-order valence-corrected chi connectivity index (χ4v) is 3.73. The fraction of sp³-hybridized carbons (Fsp3) is 0.250. The van der Waals surface area contributed by atoms with E-state index in [1.165, 1.54) is 16.7 Å². The van der Waals surface area contributed by atoms with Crippen LogP contribution >= 0.6 is 0 Å². The SMILES string of the molecule is Cc1nc(N)nc2c1CCC(c1ccccc1-c1cccnc1)C2. The van der Waals surface area contributed by atoms with Crippen molar-refractivity contribution in [3.05, 3.63) is 71.3 Å². The molecule has 4 rings (SSSR count). The molecule has 0 aliphatic heterocycles. The van der Waals surface area contributed by atoms with E-state index in [4.69, 9.17) is 5.73 Å². The summed E-state index contributed by atoms with van der Waals surface area (Å²) >= 11 is 0. The van der Waals surface area contributed by atoms with Gasteiger partial charge >= 0.3 is 0 Å². The van der Waals surface area contributed by atoms with E-state index in [1.54, 1.807) is 0 Å². The molecule has 0 saturated carbocycles. The second kappa shape index (κ2) is 6.04. The number of anilines is 1. The molecule has 0 fully saturated rings. The van der Waals surface area contributed by atoms with Gasteiger partial charge in [0.25, 0.3) is 0 Å². The summed E-state index contributed by atoms with van der Waals surface area (Å²) in [5.41, 5.74) is 13.1. The third-order valence-corrected chi connectivity index (χ3v) is 4.87. The number of benzene rings is 1. The Bertz CT molecular complexity index is 874. The largest absolute Gasteiger partial charge is 0.368 e. The minimum atomic E-state index is 0.382. The number of hydrogen-bond acceptors (Lipinski definition) is 4. The molecule has 3 aromatic rings. The molecule has 2 N–H and O–H groups in total. The first-order valence-corrected chi connectivity index (χ1v) is 8.33. The molecule has 0 saturated heterocycles. The highest BCUT2D eigenvalue weighted by molar-refractivity contribution is 5.67. The van der Waals surface area contributed by atoms with Gasteiger partial charge in [0.2, 0.25) is 5.95 Å². The number of nitrogens with zero attached hydrogens (tertiary/aromatic N) is 3. The van der Waals surface area contributed by atoms with Crippen LogP contribution < -0.4 is 5.73 Å². The van der Waals surface area contributed by atoms with Crippen molar-refractivity contribution < 1.29 is 0 Å². The molecule has 0 bridgehead atoms. The maximum Gasteiger partial charge on any atom is 0.220 e. The van der Waals surface area contributed by atoms with E-state index in [0.29, 0.717) is 11.9 Å². The predicted molar refractivity (Wildman–Crippen MR) is 95.6 cm³/mol. The van der Waals surface area contributed by atoms with Crippen LogP contribution in [0.5, 0.6) is 0 Å². The van der Waals surface area contributed by atoms with Crippen molar-refractivity contribution in [2.24, 2.45) is 0 Å². The standard InChI is InChI=1S/C20H20N4/c1-13-16-9-8-14(11-19(16)24-20(21)23-13)17-6-2-3-7-18(17)15-5-4-10-22-12-15/h2-7,10,12,14H,8-9,11H2,1H3,(H2,21,23,24). The van der Waals surface area contributed by atoms with E-state index in [2.05, 4.69) is 45.3 Å². The predicted octanol–water partition coefficient (Wildman–Crippen LogP) is 3.70. The maximum absolute atomic E-state index is 5.86. The number of aromatic nitrogens is 3. The first-order chi connectivity index (χ1) is 11.7. The second-order valence-corrected chi connectivity index (χ2v) is 6.36. The van der Waals surface area contributed by atoms with Crippen LogP contribution in [-0.4, -0.2) is 15.0 Å². The number of rotatable bonds is 2. The number of fused-ring (bicyclic) bond motifs is 1. The van der Waals surface area contributed by atoms with Gasteiger partial charge in [-0.05, 0) is 54.9 Å². The smallest absolute Gasteiger partial charge is 0.220 e. The normalized spacial score (nSPS) is 16.6. The lowest BCUT2D eigenvalue weighted by atomic mass is 9.79. The van der Waals surface area contributed by atoms with Crippen LogP contribution in [0, 0.1) is 6.92 Å². The summed E-state index contributed by atoms with van der Waals surface area (Å²) in [6.45, 7) is 2.03. The average Bonchev–Trinajstić information content (AvgIpc) is 2.62. The highest BCUT2D eigenvalue weighted by atomic mass is 15.0. The Hall–Kier alpha value is -2.75. The topological polar surface area (TPSA) is 64.7 Å². The van der Waals surface area contributed by atoms with E-state index in [0.717, 1.165) is 36.2 Å². The van der Waals surface area contributed by atoms with Crippen LogP contribution in [0.1, 0.15) is 34.9 Å². The Labute approximate surface area is 141 Å². The van der Waals surface area contributed by atoms with Crippen LogP contribution in [0.15, 0.2) is 48.8 Å². The summed E-state index contributed by atoms with van der Waals surface area (Å²) in [7, 11) is 0. The zero-order valence-corrected chi connectivity index (χ0v) is 13.7. The van der Waals surface area contributed by atoms with Crippen molar-refractivity contribution in [1.82, 2.24) is 15.0 Å². The molecular weight excluding hydrogens is 296 g/mol. The summed E-state index contributed by atoms with van der Waals surface area (Å²) in [6.07, 6.45) is 6.78. The molecule has 4 heteroatoms. The van der Waals surface area contributed by atoms with E-state index in [9.17, 15) is 0 Å². The molecule has 4 nitrogen and oxygen atoms in total. The quantitative estimate of drug-likeness (QED) is 0.783. The lowest BCUT2D eigenvalue weighted by molar-refractivity contribution is 0.569. The van der Waals surface area contributed by atoms with Crippen molar-refractivity contribution >= 4 is 5.95 Å². The molecule has 120 valence electrons. The van der Waals surface area contributed by atoms with Crippen molar-refractivity contribution in [3.63, 3.8) is 0 Å². The van der Waals surface area contributed by atoms with Gasteiger partial charge in [0.15, 0.2) is 0 Å².